The quantitative estimate of drug-likeness (QED) is 0.867. The number of pyridine rings is 1. The highest BCUT2D eigenvalue weighted by atomic mass is 16.4. The Bertz CT molecular complexity index is 709. The minimum absolute atomic E-state index is 0.0828. The lowest BCUT2D eigenvalue weighted by Gasteiger charge is -2.19. The molecule has 0 amide bonds. The molecule has 1 N–H and O–H groups in total. The Labute approximate surface area is 122 Å². The number of rotatable bonds is 6. The second-order valence-corrected chi connectivity index (χ2v) is 4.98. The summed E-state index contributed by atoms with van der Waals surface area (Å²) in [6, 6.07) is 5.24. The first-order chi connectivity index (χ1) is 10.0. The maximum atomic E-state index is 12.1. The van der Waals surface area contributed by atoms with E-state index in [1.54, 1.807) is 6.20 Å². The molecule has 0 saturated heterocycles. The fourth-order valence-electron chi connectivity index (χ4n) is 2.22. The molecule has 0 saturated carbocycles. The fourth-order valence-corrected chi connectivity index (χ4v) is 2.22. The lowest BCUT2D eigenvalue weighted by molar-refractivity contribution is -0.137. The van der Waals surface area contributed by atoms with E-state index in [-0.39, 0.29) is 12.0 Å². The van der Waals surface area contributed by atoms with Gasteiger partial charge >= 0.3 is 5.97 Å². The highest BCUT2D eigenvalue weighted by Crippen LogP contribution is 2.07. The summed E-state index contributed by atoms with van der Waals surface area (Å²) in [6.07, 6.45) is 1.78. The van der Waals surface area contributed by atoms with Crippen LogP contribution in [-0.2, 0) is 11.3 Å². The Morgan fingerprint density at radius 3 is 2.90 bits per heavy atom. The van der Waals surface area contributed by atoms with Gasteiger partial charge < -0.3 is 5.11 Å². The third kappa shape index (κ3) is 3.66. The van der Waals surface area contributed by atoms with Crippen LogP contribution in [0.25, 0.3) is 5.65 Å². The summed E-state index contributed by atoms with van der Waals surface area (Å²) in [5.41, 5.74) is 2.13. The summed E-state index contributed by atoms with van der Waals surface area (Å²) in [5, 5.41) is 8.75. The van der Waals surface area contributed by atoms with Gasteiger partial charge in [-0.05, 0) is 25.1 Å². The Hall–Kier alpha value is -2.21. The first kappa shape index (κ1) is 15.2. The maximum absolute atomic E-state index is 12.1. The highest BCUT2D eigenvalue weighted by molar-refractivity contribution is 5.66. The van der Waals surface area contributed by atoms with Gasteiger partial charge in [-0.3, -0.25) is 18.9 Å². The molecule has 2 heterocycles. The molecule has 2 rings (SSSR count). The Morgan fingerprint density at radius 1 is 1.48 bits per heavy atom. The van der Waals surface area contributed by atoms with E-state index in [0.717, 1.165) is 5.56 Å². The molecule has 21 heavy (non-hydrogen) atoms. The fraction of sp³-hybridized carbons (Fsp3) is 0.400. The molecule has 0 aliphatic rings. The van der Waals surface area contributed by atoms with Crippen molar-refractivity contribution in [2.45, 2.75) is 26.8 Å². The predicted octanol–water partition coefficient (Wildman–Crippen LogP) is 1.30. The molecule has 112 valence electrons. The van der Waals surface area contributed by atoms with Crippen LogP contribution in [0.2, 0.25) is 0 Å². The average molecular weight is 289 g/mol. The normalized spacial score (nSPS) is 11.2. The second-order valence-electron chi connectivity index (χ2n) is 4.98. The minimum Gasteiger partial charge on any atom is -0.481 e. The first-order valence-electron chi connectivity index (χ1n) is 6.93. The monoisotopic (exact) mass is 289 g/mol. The zero-order valence-electron chi connectivity index (χ0n) is 12.2. The van der Waals surface area contributed by atoms with Gasteiger partial charge in [0.2, 0.25) is 0 Å². The largest absolute Gasteiger partial charge is 0.481 e. The van der Waals surface area contributed by atoms with E-state index >= 15 is 0 Å². The number of carboxylic acid groups (broad SMARTS) is 1. The van der Waals surface area contributed by atoms with Gasteiger partial charge in [0.1, 0.15) is 5.65 Å². The van der Waals surface area contributed by atoms with E-state index in [1.807, 2.05) is 30.9 Å². The molecule has 6 heteroatoms. The van der Waals surface area contributed by atoms with Crippen LogP contribution >= 0.6 is 0 Å². The van der Waals surface area contributed by atoms with Crippen LogP contribution in [0, 0.1) is 6.92 Å². The van der Waals surface area contributed by atoms with Crippen LogP contribution < -0.4 is 5.56 Å². The number of nitrogens with zero attached hydrogens (tertiary/aromatic N) is 3. The molecule has 2 aromatic rings. The lowest BCUT2D eigenvalue weighted by Crippen LogP contribution is -2.27. The van der Waals surface area contributed by atoms with Gasteiger partial charge in [0.05, 0.1) is 12.1 Å². The van der Waals surface area contributed by atoms with Crippen molar-refractivity contribution in [2.24, 2.45) is 0 Å². The molecule has 0 fully saturated rings. The molecule has 0 aliphatic carbocycles. The van der Waals surface area contributed by atoms with Crippen molar-refractivity contribution in [2.75, 3.05) is 13.1 Å². The highest BCUT2D eigenvalue weighted by Gasteiger charge is 2.10. The van der Waals surface area contributed by atoms with Gasteiger partial charge in [0, 0.05) is 25.4 Å². The minimum atomic E-state index is -0.823. The molecule has 2 aromatic heterocycles. The van der Waals surface area contributed by atoms with Crippen molar-refractivity contribution < 1.29 is 9.90 Å². The van der Waals surface area contributed by atoms with Crippen molar-refractivity contribution in [1.29, 1.82) is 0 Å². The van der Waals surface area contributed by atoms with Crippen molar-refractivity contribution >= 4 is 11.6 Å². The predicted molar refractivity (Wildman–Crippen MR) is 79.4 cm³/mol. The number of carboxylic acids is 1. The van der Waals surface area contributed by atoms with E-state index in [1.165, 1.54) is 10.5 Å². The molecule has 0 spiro atoms. The summed E-state index contributed by atoms with van der Waals surface area (Å²) in [6.45, 7) is 5.50. The van der Waals surface area contributed by atoms with E-state index in [0.29, 0.717) is 31.0 Å². The molecule has 0 atom stereocenters. The maximum Gasteiger partial charge on any atom is 0.304 e. The number of fused-ring (bicyclic) bond motifs is 1. The molecule has 0 unspecified atom stereocenters. The number of aliphatic carboxylic acids is 1. The van der Waals surface area contributed by atoms with Gasteiger partial charge in [0.25, 0.3) is 5.56 Å². The van der Waals surface area contributed by atoms with Crippen LogP contribution in [0.3, 0.4) is 0 Å². The van der Waals surface area contributed by atoms with Crippen LogP contribution in [0.4, 0.5) is 0 Å². The lowest BCUT2D eigenvalue weighted by atomic mass is 10.2. The average Bonchev–Trinajstić information content (AvgIpc) is 2.44. The van der Waals surface area contributed by atoms with Gasteiger partial charge in [-0.2, -0.15) is 0 Å². The smallest absolute Gasteiger partial charge is 0.304 e. The number of hydrogen-bond donors (Lipinski definition) is 1. The topological polar surface area (TPSA) is 74.9 Å². The van der Waals surface area contributed by atoms with Crippen molar-refractivity contribution in [1.82, 2.24) is 14.3 Å². The van der Waals surface area contributed by atoms with Crippen molar-refractivity contribution in [3.63, 3.8) is 0 Å². The third-order valence-corrected chi connectivity index (χ3v) is 3.41. The SMILES string of the molecule is CCN(CCC(=O)O)Cc1cc(=O)n2cccc(C)c2n1. The summed E-state index contributed by atoms with van der Waals surface area (Å²) in [7, 11) is 0. The molecular formula is C15H19N3O3. The first-order valence-corrected chi connectivity index (χ1v) is 6.93. The molecule has 6 nitrogen and oxygen atoms in total. The van der Waals surface area contributed by atoms with Crippen molar-refractivity contribution in [3.05, 3.63) is 46.0 Å². The number of carbonyl (C=O) groups is 1. The summed E-state index contributed by atoms with van der Waals surface area (Å²) < 4.78 is 1.52. The van der Waals surface area contributed by atoms with E-state index in [9.17, 15) is 9.59 Å². The molecular weight excluding hydrogens is 270 g/mol. The van der Waals surface area contributed by atoms with Gasteiger partial charge in [0.15, 0.2) is 0 Å². The van der Waals surface area contributed by atoms with Gasteiger partial charge in [-0.1, -0.05) is 13.0 Å². The zero-order valence-corrected chi connectivity index (χ0v) is 12.2. The van der Waals surface area contributed by atoms with E-state index in [4.69, 9.17) is 5.11 Å². The van der Waals surface area contributed by atoms with Crippen LogP contribution in [0.15, 0.2) is 29.2 Å². The summed E-state index contributed by atoms with van der Waals surface area (Å²) in [4.78, 5) is 29.2. The van der Waals surface area contributed by atoms with Crippen LogP contribution in [0.5, 0.6) is 0 Å². The summed E-state index contributed by atoms with van der Waals surface area (Å²) in [5.74, 6) is -0.823. The Morgan fingerprint density at radius 2 is 2.24 bits per heavy atom. The van der Waals surface area contributed by atoms with E-state index in [2.05, 4.69) is 4.98 Å². The zero-order chi connectivity index (χ0) is 15.4. The van der Waals surface area contributed by atoms with Crippen LogP contribution in [-0.4, -0.2) is 38.4 Å². The standard InChI is InChI=1S/C15H19N3O3/c1-3-17(8-6-14(20)21)10-12-9-13(19)18-7-4-5-11(2)15(18)16-12/h4-5,7,9H,3,6,8,10H2,1-2H3,(H,20,21). The number of aryl methyl sites for hydroxylation is 1. The molecule has 0 radical (unpaired) electrons. The third-order valence-electron chi connectivity index (χ3n) is 3.41. The van der Waals surface area contributed by atoms with Crippen molar-refractivity contribution in [3.8, 4) is 0 Å². The molecule has 0 aliphatic heterocycles. The second kappa shape index (κ2) is 6.49. The number of aromatic nitrogens is 2. The Kier molecular flexibility index (Phi) is 4.70. The number of hydrogen-bond acceptors (Lipinski definition) is 4. The van der Waals surface area contributed by atoms with Gasteiger partial charge in [-0.25, -0.2) is 4.98 Å². The van der Waals surface area contributed by atoms with Gasteiger partial charge in [-0.15, -0.1) is 0 Å². The molecule has 0 aromatic carbocycles. The Balaban J connectivity index is 2.27. The summed E-state index contributed by atoms with van der Waals surface area (Å²) >= 11 is 0. The molecule has 0 bridgehead atoms. The van der Waals surface area contributed by atoms with Crippen LogP contribution in [0.1, 0.15) is 24.6 Å². The van der Waals surface area contributed by atoms with E-state index < -0.39 is 5.97 Å².